The second-order valence-corrected chi connectivity index (χ2v) is 7.51. The van der Waals surface area contributed by atoms with Crippen LogP contribution in [0.15, 0.2) is 47.3 Å². The molecule has 7 nitrogen and oxygen atoms in total. The molecular weight excluding hydrogens is 362 g/mol. The van der Waals surface area contributed by atoms with Crippen molar-refractivity contribution in [2.45, 2.75) is 20.4 Å². The minimum Gasteiger partial charge on any atom is -0.308 e. The molecule has 1 aromatic carbocycles. The number of nitrogens with zero attached hydrogens (tertiary/aromatic N) is 3. The van der Waals surface area contributed by atoms with Crippen molar-refractivity contribution in [3.8, 4) is 10.6 Å². The number of hydrogen-bond donors (Lipinski definition) is 2. The van der Waals surface area contributed by atoms with Crippen molar-refractivity contribution in [3.63, 3.8) is 0 Å². The van der Waals surface area contributed by atoms with Gasteiger partial charge >= 0.3 is 0 Å². The number of hydrogen-bond acceptors (Lipinski definition) is 5. The number of aryl methyl sites for hydroxylation is 2. The molecule has 0 fully saturated rings. The zero-order valence-electron chi connectivity index (χ0n) is 14.8. The molecule has 2 N–H and O–H groups in total. The van der Waals surface area contributed by atoms with Crippen molar-refractivity contribution in [1.29, 1.82) is 0 Å². The summed E-state index contributed by atoms with van der Waals surface area (Å²) in [6, 6.07) is 13.0. The van der Waals surface area contributed by atoms with Gasteiger partial charge < -0.3 is 5.32 Å². The molecular formula is C19H17N5O2S. The Morgan fingerprint density at radius 2 is 1.96 bits per heavy atom. The summed E-state index contributed by atoms with van der Waals surface area (Å²) in [6.07, 6.45) is 0. The van der Waals surface area contributed by atoms with Gasteiger partial charge in [0.2, 0.25) is 5.91 Å². The highest BCUT2D eigenvalue weighted by atomic mass is 32.1. The molecule has 0 saturated carbocycles. The van der Waals surface area contributed by atoms with Crippen molar-refractivity contribution >= 4 is 33.8 Å². The van der Waals surface area contributed by atoms with Crippen LogP contribution in [0.25, 0.3) is 21.3 Å². The average molecular weight is 379 g/mol. The van der Waals surface area contributed by atoms with Crippen LogP contribution in [0.5, 0.6) is 0 Å². The second kappa shape index (κ2) is 6.81. The summed E-state index contributed by atoms with van der Waals surface area (Å²) in [5.41, 5.74) is 1.25. The normalized spacial score (nSPS) is 11.0. The zero-order valence-corrected chi connectivity index (χ0v) is 15.6. The highest BCUT2D eigenvalue weighted by Gasteiger charge is 2.13. The van der Waals surface area contributed by atoms with E-state index in [1.54, 1.807) is 29.5 Å². The first-order valence-corrected chi connectivity index (χ1v) is 9.21. The van der Waals surface area contributed by atoms with Gasteiger partial charge in [0.15, 0.2) is 5.82 Å². The fourth-order valence-electron chi connectivity index (χ4n) is 2.92. The molecule has 3 aromatic heterocycles. The third kappa shape index (κ3) is 3.39. The van der Waals surface area contributed by atoms with Crippen LogP contribution in [0.4, 0.5) is 5.82 Å². The molecule has 0 saturated heterocycles. The lowest BCUT2D eigenvalue weighted by molar-refractivity contribution is -0.117. The Labute approximate surface area is 158 Å². The molecule has 0 radical (unpaired) electrons. The first-order valence-electron chi connectivity index (χ1n) is 8.40. The number of aromatic nitrogens is 4. The van der Waals surface area contributed by atoms with Crippen molar-refractivity contribution in [2.75, 3.05) is 5.32 Å². The molecule has 0 aliphatic carbocycles. The molecule has 27 heavy (non-hydrogen) atoms. The Hall–Kier alpha value is -3.26. The molecule has 8 heteroatoms. The van der Waals surface area contributed by atoms with Crippen LogP contribution in [-0.2, 0) is 11.3 Å². The van der Waals surface area contributed by atoms with Crippen LogP contribution >= 0.6 is 11.3 Å². The van der Waals surface area contributed by atoms with E-state index >= 15 is 0 Å². The summed E-state index contributed by atoms with van der Waals surface area (Å²) in [5.74, 6) is 0.0475. The molecule has 0 aliphatic heterocycles. The van der Waals surface area contributed by atoms with E-state index in [2.05, 4.69) is 20.6 Å². The van der Waals surface area contributed by atoms with E-state index in [1.807, 2.05) is 38.1 Å². The molecule has 0 unspecified atom stereocenters. The van der Waals surface area contributed by atoms with Crippen LogP contribution in [0.3, 0.4) is 0 Å². The Bertz CT molecular complexity index is 1200. The number of thiophene rings is 1. The summed E-state index contributed by atoms with van der Waals surface area (Å²) in [6.45, 7) is 3.67. The summed E-state index contributed by atoms with van der Waals surface area (Å²) >= 11 is 1.64. The molecule has 0 bridgehead atoms. The van der Waals surface area contributed by atoms with Crippen LogP contribution in [0.1, 0.15) is 10.6 Å². The van der Waals surface area contributed by atoms with Crippen molar-refractivity contribution in [2.24, 2.45) is 0 Å². The molecule has 0 spiro atoms. The predicted octanol–water partition coefficient (Wildman–Crippen LogP) is 3.10. The Morgan fingerprint density at radius 1 is 1.19 bits per heavy atom. The van der Waals surface area contributed by atoms with E-state index in [1.165, 1.54) is 9.56 Å². The topological polar surface area (TPSA) is 92.7 Å². The number of benzene rings is 1. The number of nitrogens with one attached hydrogen (secondary N) is 2. The van der Waals surface area contributed by atoms with Crippen LogP contribution in [0, 0.1) is 13.8 Å². The Kier molecular flexibility index (Phi) is 4.33. The molecule has 1 amide bonds. The zero-order chi connectivity index (χ0) is 19.0. The van der Waals surface area contributed by atoms with Gasteiger partial charge in [-0.25, -0.2) is 4.68 Å². The Morgan fingerprint density at radius 3 is 2.70 bits per heavy atom. The fourth-order valence-corrected chi connectivity index (χ4v) is 3.75. The van der Waals surface area contributed by atoms with E-state index in [-0.39, 0.29) is 18.0 Å². The largest absolute Gasteiger partial charge is 0.308 e. The average Bonchev–Trinajstić information content (AvgIpc) is 3.28. The van der Waals surface area contributed by atoms with Gasteiger partial charge in [0.05, 0.1) is 21.7 Å². The van der Waals surface area contributed by atoms with Gasteiger partial charge in [0.1, 0.15) is 6.54 Å². The summed E-state index contributed by atoms with van der Waals surface area (Å²) < 4.78 is 1.18. The quantitative estimate of drug-likeness (QED) is 0.570. The molecule has 0 aliphatic rings. The highest BCUT2D eigenvalue weighted by molar-refractivity contribution is 7.15. The van der Waals surface area contributed by atoms with E-state index in [0.29, 0.717) is 16.9 Å². The van der Waals surface area contributed by atoms with E-state index in [4.69, 9.17) is 0 Å². The number of fused-ring (bicyclic) bond motifs is 1. The Balaban J connectivity index is 1.53. The van der Waals surface area contributed by atoms with Crippen LogP contribution in [0.2, 0.25) is 0 Å². The summed E-state index contributed by atoms with van der Waals surface area (Å²) in [4.78, 5) is 27.2. The number of rotatable bonds is 4. The maximum atomic E-state index is 12.6. The molecule has 4 aromatic rings. The molecule has 136 valence electrons. The van der Waals surface area contributed by atoms with Crippen LogP contribution < -0.4 is 10.9 Å². The third-order valence-corrected chi connectivity index (χ3v) is 5.23. The lowest BCUT2D eigenvalue weighted by Gasteiger charge is -2.08. The predicted molar refractivity (Wildman–Crippen MR) is 106 cm³/mol. The van der Waals surface area contributed by atoms with Gasteiger partial charge in [0.25, 0.3) is 5.56 Å². The van der Waals surface area contributed by atoms with E-state index in [9.17, 15) is 9.59 Å². The summed E-state index contributed by atoms with van der Waals surface area (Å²) in [7, 11) is 0. The minimum absolute atomic E-state index is 0.176. The maximum Gasteiger partial charge on any atom is 0.275 e. The van der Waals surface area contributed by atoms with Gasteiger partial charge in [-0.15, -0.1) is 11.3 Å². The van der Waals surface area contributed by atoms with Crippen molar-refractivity contribution in [3.05, 3.63) is 63.4 Å². The van der Waals surface area contributed by atoms with E-state index < -0.39 is 0 Å². The van der Waals surface area contributed by atoms with Gasteiger partial charge in [-0.3, -0.25) is 14.7 Å². The van der Waals surface area contributed by atoms with Gasteiger partial charge in [-0.1, -0.05) is 18.2 Å². The molecule has 4 rings (SSSR count). The SMILES string of the molecule is Cc1ccc(-c2cc(NC(=O)Cn3nc(C)c4ccccc4c3=O)n[nH]2)s1. The molecule has 3 heterocycles. The number of carbonyl (C=O) groups excluding carboxylic acids is 1. The maximum absolute atomic E-state index is 12.6. The number of carbonyl (C=O) groups is 1. The van der Waals surface area contributed by atoms with Gasteiger partial charge in [-0.05, 0) is 32.0 Å². The lowest BCUT2D eigenvalue weighted by Crippen LogP contribution is -2.30. The van der Waals surface area contributed by atoms with Gasteiger partial charge in [-0.2, -0.15) is 10.2 Å². The smallest absolute Gasteiger partial charge is 0.275 e. The van der Waals surface area contributed by atoms with E-state index in [0.717, 1.165) is 16.0 Å². The van der Waals surface area contributed by atoms with Crippen molar-refractivity contribution < 1.29 is 4.79 Å². The first-order chi connectivity index (χ1) is 13.0. The highest BCUT2D eigenvalue weighted by Crippen LogP contribution is 2.27. The summed E-state index contributed by atoms with van der Waals surface area (Å²) in [5, 5.41) is 15.3. The minimum atomic E-state index is -0.361. The van der Waals surface area contributed by atoms with Crippen molar-refractivity contribution in [1.82, 2.24) is 20.0 Å². The first kappa shape index (κ1) is 17.2. The monoisotopic (exact) mass is 379 g/mol. The number of aromatic amines is 1. The third-order valence-electron chi connectivity index (χ3n) is 4.20. The number of H-pyrrole nitrogens is 1. The molecule has 0 atom stereocenters. The fraction of sp³-hybridized carbons (Fsp3) is 0.158. The van der Waals surface area contributed by atoms with Crippen LogP contribution in [-0.4, -0.2) is 25.9 Å². The second-order valence-electron chi connectivity index (χ2n) is 6.22. The standard InChI is InChI=1S/C19H17N5O2S/c1-11-7-8-16(27-11)15-9-17(22-21-15)20-18(25)10-24-19(26)14-6-4-3-5-13(14)12(2)23-24/h3-9H,10H2,1-2H3,(H2,20,21,22,25). The lowest BCUT2D eigenvalue weighted by atomic mass is 10.1. The van der Waals surface area contributed by atoms with Gasteiger partial charge in [0, 0.05) is 16.3 Å². The number of amides is 1. The number of anilines is 1.